The number of aromatic amines is 1. The zero-order valence-corrected chi connectivity index (χ0v) is 11.5. The largest absolute Gasteiger partial charge is 0.304 e. The third-order valence-corrected chi connectivity index (χ3v) is 4.06. The van der Waals surface area contributed by atoms with Gasteiger partial charge in [0.1, 0.15) is 5.01 Å². The van der Waals surface area contributed by atoms with Crippen molar-refractivity contribution in [2.75, 3.05) is 0 Å². The first-order chi connectivity index (χ1) is 7.66. The molecule has 0 radical (unpaired) electrons. The van der Waals surface area contributed by atoms with Crippen molar-refractivity contribution in [2.45, 2.75) is 26.4 Å². The number of hydrogen-bond acceptors (Lipinski definition) is 4. The van der Waals surface area contributed by atoms with Gasteiger partial charge in [-0.1, -0.05) is 0 Å². The summed E-state index contributed by atoms with van der Waals surface area (Å²) in [4.78, 5) is 4.32. The van der Waals surface area contributed by atoms with Gasteiger partial charge in [0.05, 0.1) is 22.2 Å². The maximum atomic E-state index is 4.32. The molecule has 1 atom stereocenters. The van der Waals surface area contributed by atoms with Crippen molar-refractivity contribution in [2.24, 2.45) is 0 Å². The van der Waals surface area contributed by atoms with E-state index in [0.717, 1.165) is 21.0 Å². The van der Waals surface area contributed by atoms with E-state index in [9.17, 15) is 0 Å². The van der Waals surface area contributed by atoms with Crippen molar-refractivity contribution in [3.63, 3.8) is 0 Å². The highest BCUT2D eigenvalue weighted by Gasteiger charge is 2.10. The van der Waals surface area contributed by atoms with Crippen LogP contribution in [-0.4, -0.2) is 15.2 Å². The summed E-state index contributed by atoms with van der Waals surface area (Å²) in [5, 5.41) is 11.4. The molecule has 0 bridgehead atoms. The van der Waals surface area contributed by atoms with Crippen LogP contribution in [0.15, 0.2) is 16.2 Å². The van der Waals surface area contributed by atoms with E-state index < -0.39 is 0 Å². The van der Waals surface area contributed by atoms with Crippen LogP contribution < -0.4 is 5.32 Å². The molecule has 0 saturated carbocycles. The molecule has 16 heavy (non-hydrogen) atoms. The molecule has 2 rings (SSSR count). The molecule has 0 saturated heterocycles. The Morgan fingerprint density at radius 3 is 2.94 bits per heavy atom. The summed E-state index contributed by atoms with van der Waals surface area (Å²) < 4.78 is 1.07. The maximum absolute atomic E-state index is 4.32. The lowest BCUT2D eigenvalue weighted by Gasteiger charge is -2.10. The van der Waals surface area contributed by atoms with Gasteiger partial charge in [0.2, 0.25) is 0 Å². The summed E-state index contributed by atoms with van der Waals surface area (Å²) in [5.41, 5.74) is 2.31. The Balaban J connectivity index is 1.93. The van der Waals surface area contributed by atoms with Crippen molar-refractivity contribution in [3.05, 3.63) is 32.4 Å². The van der Waals surface area contributed by atoms with Gasteiger partial charge in [0.25, 0.3) is 0 Å². The molecular weight excluding hydrogens is 288 g/mol. The fourth-order valence-corrected chi connectivity index (χ4v) is 2.64. The number of nitrogens with one attached hydrogen (secondary N) is 2. The fourth-order valence-electron chi connectivity index (χ4n) is 1.37. The summed E-state index contributed by atoms with van der Waals surface area (Å²) in [6.07, 6.45) is 3.69. The van der Waals surface area contributed by atoms with Gasteiger partial charge in [-0.15, -0.1) is 11.3 Å². The number of thiazole rings is 1. The van der Waals surface area contributed by atoms with Gasteiger partial charge in [-0.3, -0.25) is 5.10 Å². The van der Waals surface area contributed by atoms with E-state index in [-0.39, 0.29) is 6.04 Å². The maximum Gasteiger partial charge on any atom is 0.110 e. The lowest BCUT2D eigenvalue weighted by Crippen LogP contribution is -2.18. The predicted octanol–water partition coefficient (Wildman–Crippen LogP) is 2.79. The van der Waals surface area contributed by atoms with E-state index >= 15 is 0 Å². The Morgan fingerprint density at radius 1 is 1.56 bits per heavy atom. The highest BCUT2D eigenvalue weighted by Crippen LogP contribution is 2.24. The SMILES string of the molecule is Cc1[nH]ncc1CNC(C)c1ncc(Br)s1. The van der Waals surface area contributed by atoms with E-state index in [0.29, 0.717) is 0 Å². The smallest absolute Gasteiger partial charge is 0.110 e. The standard InChI is InChI=1S/C10H13BrN4S/c1-6-8(4-14-15-6)3-12-7(2)10-13-5-9(11)16-10/h4-5,7,12H,3H2,1-2H3,(H,14,15). The third kappa shape index (κ3) is 2.69. The fraction of sp³-hybridized carbons (Fsp3) is 0.400. The number of aryl methyl sites for hydroxylation is 1. The van der Waals surface area contributed by atoms with Crippen LogP contribution in [-0.2, 0) is 6.54 Å². The van der Waals surface area contributed by atoms with Crippen molar-refractivity contribution >= 4 is 27.3 Å². The quantitative estimate of drug-likeness (QED) is 0.913. The highest BCUT2D eigenvalue weighted by atomic mass is 79.9. The molecule has 0 aliphatic carbocycles. The van der Waals surface area contributed by atoms with Gasteiger partial charge < -0.3 is 5.32 Å². The van der Waals surface area contributed by atoms with E-state index in [1.807, 2.05) is 19.3 Å². The summed E-state index contributed by atoms with van der Waals surface area (Å²) in [6, 6.07) is 0.255. The summed E-state index contributed by atoms with van der Waals surface area (Å²) in [5.74, 6) is 0. The van der Waals surface area contributed by atoms with Crippen LogP contribution in [0.4, 0.5) is 0 Å². The lowest BCUT2D eigenvalue weighted by molar-refractivity contribution is 0.570. The zero-order chi connectivity index (χ0) is 11.5. The summed E-state index contributed by atoms with van der Waals surface area (Å²) >= 11 is 5.07. The van der Waals surface area contributed by atoms with E-state index in [2.05, 4.69) is 43.4 Å². The first-order valence-electron chi connectivity index (χ1n) is 5.00. The average Bonchev–Trinajstić information content (AvgIpc) is 2.84. The van der Waals surface area contributed by atoms with Gasteiger partial charge in [-0.2, -0.15) is 5.10 Å². The van der Waals surface area contributed by atoms with Gasteiger partial charge in [0.15, 0.2) is 0 Å². The number of halogens is 1. The topological polar surface area (TPSA) is 53.6 Å². The van der Waals surface area contributed by atoms with Crippen LogP contribution in [0.3, 0.4) is 0 Å². The number of aromatic nitrogens is 3. The molecule has 4 nitrogen and oxygen atoms in total. The second kappa shape index (κ2) is 5.07. The Bertz CT molecular complexity index is 465. The Labute approximate surface area is 107 Å². The minimum atomic E-state index is 0.255. The predicted molar refractivity (Wildman–Crippen MR) is 68.4 cm³/mol. The number of nitrogens with zero attached hydrogens (tertiary/aromatic N) is 2. The van der Waals surface area contributed by atoms with Gasteiger partial charge in [-0.25, -0.2) is 4.98 Å². The van der Waals surface area contributed by atoms with Crippen LogP contribution in [0, 0.1) is 6.92 Å². The molecule has 0 fully saturated rings. The van der Waals surface area contributed by atoms with E-state index in [4.69, 9.17) is 0 Å². The Hall–Kier alpha value is -0.720. The molecular formula is C10H13BrN4S. The normalized spacial score (nSPS) is 12.9. The van der Waals surface area contributed by atoms with Crippen molar-refractivity contribution in [3.8, 4) is 0 Å². The minimum absolute atomic E-state index is 0.255. The number of H-pyrrole nitrogens is 1. The van der Waals surface area contributed by atoms with Crippen molar-refractivity contribution in [1.29, 1.82) is 0 Å². The molecule has 1 unspecified atom stereocenters. The Kier molecular flexibility index (Phi) is 3.73. The molecule has 86 valence electrons. The van der Waals surface area contributed by atoms with Crippen molar-refractivity contribution < 1.29 is 0 Å². The molecule has 0 aromatic carbocycles. The molecule has 2 aromatic rings. The second-order valence-corrected chi connectivity index (χ2v) is 6.07. The zero-order valence-electron chi connectivity index (χ0n) is 9.12. The molecule has 0 amide bonds. The molecule has 0 aliphatic heterocycles. The van der Waals surface area contributed by atoms with Crippen LogP contribution in [0.1, 0.15) is 29.2 Å². The molecule has 0 spiro atoms. The van der Waals surface area contributed by atoms with E-state index in [1.165, 1.54) is 5.56 Å². The lowest BCUT2D eigenvalue weighted by atomic mass is 10.2. The van der Waals surface area contributed by atoms with Gasteiger partial charge in [-0.05, 0) is 29.8 Å². The van der Waals surface area contributed by atoms with Crippen LogP contribution in [0.5, 0.6) is 0 Å². The van der Waals surface area contributed by atoms with Crippen LogP contribution >= 0.6 is 27.3 Å². The van der Waals surface area contributed by atoms with Gasteiger partial charge in [0, 0.05) is 17.8 Å². The van der Waals surface area contributed by atoms with E-state index in [1.54, 1.807) is 11.3 Å². The summed E-state index contributed by atoms with van der Waals surface area (Å²) in [6.45, 7) is 4.94. The van der Waals surface area contributed by atoms with Crippen molar-refractivity contribution in [1.82, 2.24) is 20.5 Å². The first kappa shape index (κ1) is 11.8. The number of hydrogen-bond donors (Lipinski definition) is 2. The van der Waals surface area contributed by atoms with Crippen LogP contribution in [0.2, 0.25) is 0 Å². The second-order valence-electron chi connectivity index (χ2n) is 3.63. The third-order valence-electron chi connectivity index (χ3n) is 2.40. The Morgan fingerprint density at radius 2 is 2.38 bits per heavy atom. The molecule has 2 N–H and O–H groups in total. The summed E-state index contributed by atoms with van der Waals surface area (Å²) in [7, 11) is 0. The minimum Gasteiger partial charge on any atom is -0.304 e. The first-order valence-corrected chi connectivity index (χ1v) is 6.61. The van der Waals surface area contributed by atoms with Crippen LogP contribution in [0.25, 0.3) is 0 Å². The molecule has 0 aliphatic rings. The molecule has 2 aromatic heterocycles. The molecule has 2 heterocycles. The average molecular weight is 301 g/mol. The monoisotopic (exact) mass is 300 g/mol. The molecule has 6 heteroatoms. The number of rotatable bonds is 4. The highest BCUT2D eigenvalue weighted by molar-refractivity contribution is 9.11. The van der Waals surface area contributed by atoms with Gasteiger partial charge >= 0.3 is 0 Å².